The Kier molecular flexibility index (Phi) is 5.87. The molecule has 1 aliphatic rings. The third kappa shape index (κ3) is 4.28. The fourth-order valence-electron chi connectivity index (χ4n) is 2.54. The summed E-state index contributed by atoms with van der Waals surface area (Å²) in [5.41, 5.74) is 0.991. The van der Waals surface area contributed by atoms with Crippen molar-refractivity contribution in [1.29, 1.82) is 0 Å². The summed E-state index contributed by atoms with van der Waals surface area (Å²) in [5.74, 6) is 0.334. The number of sulfonamides is 1. The lowest BCUT2D eigenvalue weighted by Gasteiger charge is -2.28. The lowest BCUT2D eigenvalue weighted by molar-refractivity contribution is 0.320. The average Bonchev–Trinajstić information content (AvgIpc) is 2.43. The molecule has 1 heterocycles. The molecule has 1 aromatic carbocycles. The van der Waals surface area contributed by atoms with Crippen molar-refractivity contribution in [3.8, 4) is 0 Å². The van der Waals surface area contributed by atoms with E-state index in [1.165, 1.54) is 0 Å². The molecule has 2 rings (SSSR count). The second-order valence-electron chi connectivity index (χ2n) is 5.55. The molecule has 0 saturated carbocycles. The van der Waals surface area contributed by atoms with Gasteiger partial charge in [0.15, 0.2) is 0 Å². The van der Waals surface area contributed by atoms with Crippen LogP contribution in [0.5, 0.6) is 0 Å². The third-order valence-electron chi connectivity index (χ3n) is 3.89. The van der Waals surface area contributed by atoms with Crippen LogP contribution in [0.15, 0.2) is 26.0 Å². The largest absolute Gasteiger partial charge is 0.316 e. The summed E-state index contributed by atoms with van der Waals surface area (Å²) in [5, 5.41) is 3.32. The minimum absolute atomic E-state index is 0.0882. The van der Waals surface area contributed by atoms with Crippen LogP contribution in [0.2, 0.25) is 0 Å². The fourth-order valence-corrected chi connectivity index (χ4v) is 5.53. The standard InChI is InChI=1S/C14H20Br2N2O2S/c1-9-6-13(16)14(7-12(9)15)21(19,20)18-10(2)11-4-3-5-17-8-11/h6-7,10-11,17-18H,3-5,8H2,1-2H3. The molecular formula is C14H20Br2N2O2S. The van der Waals surface area contributed by atoms with Crippen LogP contribution >= 0.6 is 31.9 Å². The molecule has 7 heteroatoms. The molecular weight excluding hydrogens is 420 g/mol. The molecule has 2 atom stereocenters. The summed E-state index contributed by atoms with van der Waals surface area (Å²) in [6.07, 6.45) is 2.14. The summed E-state index contributed by atoms with van der Waals surface area (Å²) >= 11 is 6.74. The van der Waals surface area contributed by atoms with Gasteiger partial charge in [0.2, 0.25) is 10.0 Å². The summed E-state index contributed by atoms with van der Waals surface area (Å²) < 4.78 is 29.4. The number of rotatable bonds is 4. The van der Waals surface area contributed by atoms with E-state index in [2.05, 4.69) is 41.9 Å². The van der Waals surface area contributed by atoms with Crippen LogP contribution in [0, 0.1) is 12.8 Å². The number of benzene rings is 1. The number of hydrogen-bond acceptors (Lipinski definition) is 3. The average molecular weight is 440 g/mol. The van der Waals surface area contributed by atoms with Gasteiger partial charge in [-0.3, -0.25) is 0 Å². The number of nitrogens with one attached hydrogen (secondary N) is 2. The quantitative estimate of drug-likeness (QED) is 0.757. The van der Waals surface area contributed by atoms with Gasteiger partial charge in [0.25, 0.3) is 0 Å². The van der Waals surface area contributed by atoms with Crippen LogP contribution in [-0.4, -0.2) is 27.5 Å². The van der Waals surface area contributed by atoms with E-state index in [0.717, 1.165) is 36.0 Å². The van der Waals surface area contributed by atoms with E-state index in [9.17, 15) is 8.42 Å². The molecule has 0 spiro atoms. The number of aryl methyl sites for hydroxylation is 1. The van der Waals surface area contributed by atoms with Crippen LogP contribution in [-0.2, 0) is 10.0 Å². The molecule has 0 bridgehead atoms. The van der Waals surface area contributed by atoms with E-state index in [1.54, 1.807) is 6.07 Å². The second kappa shape index (κ2) is 7.08. The molecule has 4 nitrogen and oxygen atoms in total. The minimum atomic E-state index is -3.53. The molecule has 0 radical (unpaired) electrons. The van der Waals surface area contributed by atoms with Gasteiger partial charge < -0.3 is 5.32 Å². The first-order valence-electron chi connectivity index (χ1n) is 7.00. The third-order valence-corrected chi connectivity index (χ3v) is 7.26. The number of hydrogen-bond donors (Lipinski definition) is 2. The first-order chi connectivity index (χ1) is 9.81. The second-order valence-corrected chi connectivity index (χ2v) is 8.94. The topological polar surface area (TPSA) is 58.2 Å². The van der Waals surface area contributed by atoms with Gasteiger partial charge in [0.1, 0.15) is 0 Å². The maximum Gasteiger partial charge on any atom is 0.241 e. The molecule has 1 fully saturated rings. The van der Waals surface area contributed by atoms with Gasteiger partial charge in [-0.05, 0) is 79.3 Å². The van der Waals surface area contributed by atoms with Crippen molar-refractivity contribution in [1.82, 2.24) is 10.0 Å². The summed E-state index contributed by atoms with van der Waals surface area (Å²) in [6, 6.07) is 3.37. The highest BCUT2D eigenvalue weighted by atomic mass is 79.9. The van der Waals surface area contributed by atoms with E-state index >= 15 is 0 Å². The van der Waals surface area contributed by atoms with Crippen molar-refractivity contribution in [3.05, 3.63) is 26.6 Å². The van der Waals surface area contributed by atoms with Crippen LogP contribution in [0.25, 0.3) is 0 Å². The Morgan fingerprint density at radius 3 is 2.67 bits per heavy atom. The Morgan fingerprint density at radius 1 is 1.33 bits per heavy atom. The fraction of sp³-hybridized carbons (Fsp3) is 0.571. The molecule has 2 N–H and O–H groups in total. The van der Waals surface area contributed by atoms with Gasteiger partial charge in [-0.1, -0.05) is 15.9 Å². The first kappa shape index (κ1) is 17.4. The van der Waals surface area contributed by atoms with Gasteiger partial charge in [-0.25, -0.2) is 13.1 Å². The van der Waals surface area contributed by atoms with Crippen LogP contribution in [0.4, 0.5) is 0 Å². The molecule has 1 aliphatic heterocycles. The van der Waals surface area contributed by atoms with Crippen molar-refractivity contribution >= 4 is 41.9 Å². The van der Waals surface area contributed by atoms with E-state index < -0.39 is 10.0 Å². The number of halogens is 2. The lowest BCUT2D eigenvalue weighted by Crippen LogP contribution is -2.44. The predicted molar refractivity (Wildman–Crippen MR) is 92.0 cm³/mol. The molecule has 2 unspecified atom stereocenters. The van der Waals surface area contributed by atoms with Crippen LogP contribution in [0.3, 0.4) is 0 Å². The van der Waals surface area contributed by atoms with E-state index in [4.69, 9.17) is 0 Å². The van der Waals surface area contributed by atoms with Gasteiger partial charge in [-0.2, -0.15) is 0 Å². The van der Waals surface area contributed by atoms with Gasteiger partial charge in [0.05, 0.1) is 4.90 Å². The molecule has 1 aromatic rings. The predicted octanol–water partition coefficient (Wildman–Crippen LogP) is 3.19. The number of piperidine rings is 1. The zero-order chi connectivity index (χ0) is 15.6. The van der Waals surface area contributed by atoms with Gasteiger partial charge >= 0.3 is 0 Å². The highest BCUT2D eigenvalue weighted by Gasteiger charge is 2.26. The highest BCUT2D eigenvalue weighted by molar-refractivity contribution is 9.11. The van der Waals surface area contributed by atoms with Crippen LogP contribution in [0.1, 0.15) is 25.3 Å². The van der Waals surface area contributed by atoms with E-state index in [-0.39, 0.29) is 10.9 Å². The molecule has 0 aliphatic carbocycles. The molecule has 21 heavy (non-hydrogen) atoms. The molecule has 118 valence electrons. The van der Waals surface area contributed by atoms with Crippen molar-refractivity contribution in [2.24, 2.45) is 5.92 Å². The van der Waals surface area contributed by atoms with Crippen molar-refractivity contribution in [2.45, 2.75) is 37.6 Å². The van der Waals surface area contributed by atoms with E-state index in [1.807, 2.05) is 19.9 Å². The van der Waals surface area contributed by atoms with Crippen LogP contribution < -0.4 is 10.0 Å². The Morgan fingerprint density at radius 2 is 2.05 bits per heavy atom. The summed E-state index contributed by atoms with van der Waals surface area (Å²) in [6.45, 7) is 5.75. The molecule has 1 saturated heterocycles. The van der Waals surface area contributed by atoms with Crippen molar-refractivity contribution in [2.75, 3.05) is 13.1 Å². The Balaban J connectivity index is 2.20. The monoisotopic (exact) mass is 438 g/mol. The Bertz CT molecular complexity index is 614. The zero-order valence-electron chi connectivity index (χ0n) is 12.1. The Labute approximate surface area is 143 Å². The molecule has 0 amide bonds. The smallest absolute Gasteiger partial charge is 0.241 e. The maximum atomic E-state index is 12.6. The van der Waals surface area contributed by atoms with Crippen molar-refractivity contribution < 1.29 is 8.42 Å². The van der Waals surface area contributed by atoms with Gasteiger partial charge in [0, 0.05) is 15.0 Å². The summed E-state index contributed by atoms with van der Waals surface area (Å²) in [7, 11) is -3.53. The van der Waals surface area contributed by atoms with E-state index in [0.29, 0.717) is 10.4 Å². The van der Waals surface area contributed by atoms with Crippen molar-refractivity contribution in [3.63, 3.8) is 0 Å². The SMILES string of the molecule is Cc1cc(Br)c(S(=O)(=O)NC(C)C2CCCNC2)cc1Br. The summed E-state index contributed by atoms with van der Waals surface area (Å²) in [4.78, 5) is 0.274. The highest BCUT2D eigenvalue weighted by Crippen LogP contribution is 2.29. The minimum Gasteiger partial charge on any atom is -0.316 e. The zero-order valence-corrected chi connectivity index (χ0v) is 16.1. The first-order valence-corrected chi connectivity index (χ1v) is 10.1. The molecule has 0 aromatic heterocycles. The lowest BCUT2D eigenvalue weighted by atomic mass is 9.94. The van der Waals surface area contributed by atoms with Gasteiger partial charge in [-0.15, -0.1) is 0 Å². The normalized spacial score (nSPS) is 21.2. The Hall–Kier alpha value is 0.0500. The maximum absolute atomic E-state index is 12.6.